The van der Waals surface area contributed by atoms with Gasteiger partial charge in [-0.3, -0.25) is 0 Å². The van der Waals surface area contributed by atoms with Gasteiger partial charge >= 0.3 is 0 Å². The zero-order valence-corrected chi connectivity index (χ0v) is 10.3. The molecule has 0 aliphatic rings. The molecular formula is C11H17N5O. The highest BCUT2D eigenvalue weighted by Gasteiger charge is 2.14. The standard InChI is InChI=1S/C11H17N5O/c1-11(2,3)16-8-9(14-15-16)6-12-7-10-4-5-13-17-10/h4-5,8,12H,6-7H2,1-3H3. The maximum absolute atomic E-state index is 4.98. The van der Waals surface area contributed by atoms with Crippen molar-refractivity contribution in [3.8, 4) is 0 Å². The molecule has 1 N–H and O–H groups in total. The predicted molar refractivity (Wildman–Crippen MR) is 62.1 cm³/mol. The van der Waals surface area contributed by atoms with Crippen LogP contribution in [0.15, 0.2) is 23.0 Å². The summed E-state index contributed by atoms with van der Waals surface area (Å²) in [6.07, 6.45) is 3.58. The molecule has 0 bridgehead atoms. The summed E-state index contributed by atoms with van der Waals surface area (Å²) in [7, 11) is 0. The molecule has 0 atom stereocenters. The van der Waals surface area contributed by atoms with E-state index in [-0.39, 0.29) is 5.54 Å². The van der Waals surface area contributed by atoms with E-state index in [0.717, 1.165) is 11.5 Å². The zero-order valence-electron chi connectivity index (χ0n) is 10.3. The van der Waals surface area contributed by atoms with Crippen molar-refractivity contribution >= 4 is 0 Å². The maximum atomic E-state index is 4.98. The van der Waals surface area contributed by atoms with Gasteiger partial charge in [0.05, 0.1) is 30.2 Å². The summed E-state index contributed by atoms with van der Waals surface area (Å²) in [6.45, 7) is 7.58. The molecule has 0 radical (unpaired) electrons. The average molecular weight is 235 g/mol. The van der Waals surface area contributed by atoms with E-state index in [0.29, 0.717) is 13.1 Å². The van der Waals surface area contributed by atoms with Crippen molar-refractivity contribution in [3.63, 3.8) is 0 Å². The van der Waals surface area contributed by atoms with Gasteiger partial charge in [0.25, 0.3) is 0 Å². The maximum Gasteiger partial charge on any atom is 0.150 e. The topological polar surface area (TPSA) is 68.8 Å². The smallest absolute Gasteiger partial charge is 0.150 e. The first-order valence-electron chi connectivity index (χ1n) is 5.58. The summed E-state index contributed by atoms with van der Waals surface area (Å²) < 4.78 is 6.84. The Morgan fingerprint density at radius 1 is 1.35 bits per heavy atom. The van der Waals surface area contributed by atoms with E-state index in [2.05, 4.69) is 41.6 Å². The fourth-order valence-corrected chi connectivity index (χ4v) is 1.35. The number of hydrogen-bond donors (Lipinski definition) is 1. The molecule has 0 unspecified atom stereocenters. The first-order chi connectivity index (χ1) is 8.05. The summed E-state index contributed by atoms with van der Waals surface area (Å²) in [5.74, 6) is 0.813. The second-order valence-corrected chi connectivity index (χ2v) is 4.91. The van der Waals surface area contributed by atoms with Gasteiger partial charge in [-0.1, -0.05) is 10.4 Å². The van der Waals surface area contributed by atoms with Gasteiger partial charge in [0, 0.05) is 12.6 Å². The van der Waals surface area contributed by atoms with Crippen LogP contribution in [0.5, 0.6) is 0 Å². The molecule has 2 aromatic heterocycles. The molecule has 6 heteroatoms. The molecule has 2 rings (SSSR count). The van der Waals surface area contributed by atoms with E-state index in [1.165, 1.54) is 0 Å². The largest absolute Gasteiger partial charge is 0.360 e. The molecule has 0 aromatic carbocycles. The molecule has 92 valence electrons. The Hall–Kier alpha value is -1.69. The molecular weight excluding hydrogens is 218 g/mol. The van der Waals surface area contributed by atoms with Crippen molar-refractivity contribution < 1.29 is 4.52 Å². The molecule has 0 saturated heterocycles. The van der Waals surface area contributed by atoms with Gasteiger partial charge in [-0.15, -0.1) is 5.10 Å². The minimum atomic E-state index is -0.0316. The van der Waals surface area contributed by atoms with Crippen molar-refractivity contribution in [3.05, 3.63) is 29.9 Å². The Morgan fingerprint density at radius 3 is 2.76 bits per heavy atom. The lowest BCUT2D eigenvalue weighted by molar-refractivity contribution is 0.346. The number of nitrogens with zero attached hydrogens (tertiary/aromatic N) is 4. The van der Waals surface area contributed by atoms with Gasteiger partial charge < -0.3 is 9.84 Å². The minimum Gasteiger partial charge on any atom is -0.360 e. The third-order valence-corrected chi connectivity index (χ3v) is 2.32. The van der Waals surface area contributed by atoms with Gasteiger partial charge in [0.2, 0.25) is 0 Å². The number of hydrogen-bond acceptors (Lipinski definition) is 5. The molecule has 17 heavy (non-hydrogen) atoms. The second kappa shape index (κ2) is 4.67. The fourth-order valence-electron chi connectivity index (χ4n) is 1.35. The van der Waals surface area contributed by atoms with E-state index in [4.69, 9.17) is 4.52 Å². The highest BCUT2D eigenvalue weighted by atomic mass is 16.5. The average Bonchev–Trinajstić information content (AvgIpc) is 2.86. The fraction of sp³-hybridized carbons (Fsp3) is 0.545. The molecule has 0 spiro atoms. The van der Waals surface area contributed by atoms with Crippen molar-refractivity contribution in [2.24, 2.45) is 0 Å². The number of rotatable bonds is 4. The van der Waals surface area contributed by atoms with Gasteiger partial charge in [0.1, 0.15) is 5.76 Å². The van der Waals surface area contributed by atoms with Crippen LogP contribution in [0.3, 0.4) is 0 Å². The summed E-state index contributed by atoms with van der Waals surface area (Å²) >= 11 is 0. The first-order valence-corrected chi connectivity index (χ1v) is 5.58. The zero-order chi connectivity index (χ0) is 12.3. The molecule has 2 heterocycles. The molecule has 6 nitrogen and oxygen atoms in total. The van der Waals surface area contributed by atoms with E-state index in [1.807, 2.05) is 16.9 Å². The molecule has 0 aliphatic carbocycles. The quantitative estimate of drug-likeness (QED) is 0.865. The SMILES string of the molecule is CC(C)(C)n1cc(CNCc2ccno2)nn1. The Kier molecular flexibility index (Phi) is 3.23. The lowest BCUT2D eigenvalue weighted by Crippen LogP contribution is -2.22. The van der Waals surface area contributed by atoms with E-state index in [9.17, 15) is 0 Å². The molecule has 0 amide bonds. The molecule has 0 fully saturated rings. The van der Waals surface area contributed by atoms with Crippen LogP contribution in [-0.4, -0.2) is 20.2 Å². The van der Waals surface area contributed by atoms with Crippen LogP contribution < -0.4 is 5.32 Å². The van der Waals surface area contributed by atoms with E-state index < -0.39 is 0 Å². The summed E-state index contributed by atoms with van der Waals surface area (Å²) in [5, 5.41) is 15.1. The lowest BCUT2D eigenvalue weighted by atomic mass is 10.1. The third-order valence-electron chi connectivity index (χ3n) is 2.32. The lowest BCUT2D eigenvalue weighted by Gasteiger charge is -2.17. The highest BCUT2D eigenvalue weighted by molar-refractivity contribution is 4.96. The van der Waals surface area contributed by atoms with Crippen LogP contribution in [-0.2, 0) is 18.6 Å². The van der Waals surface area contributed by atoms with Crippen LogP contribution in [0.1, 0.15) is 32.2 Å². The van der Waals surface area contributed by atoms with Crippen LogP contribution in [0.2, 0.25) is 0 Å². The van der Waals surface area contributed by atoms with Crippen LogP contribution >= 0.6 is 0 Å². The van der Waals surface area contributed by atoms with Crippen molar-refractivity contribution in [1.82, 2.24) is 25.5 Å². The van der Waals surface area contributed by atoms with Gasteiger partial charge in [-0.05, 0) is 20.8 Å². The third kappa shape index (κ3) is 3.13. The van der Waals surface area contributed by atoms with Crippen molar-refractivity contribution in [1.29, 1.82) is 0 Å². The van der Waals surface area contributed by atoms with Gasteiger partial charge in [-0.25, -0.2) is 4.68 Å². The minimum absolute atomic E-state index is 0.0316. The monoisotopic (exact) mass is 235 g/mol. The van der Waals surface area contributed by atoms with Crippen LogP contribution in [0.25, 0.3) is 0 Å². The summed E-state index contributed by atoms with van der Waals surface area (Å²) in [5.41, 5.74) is 0.885. The summed E-state index contributed by atoms with van der Waals surface area (Å²) in [4.78, 5) is 0. The molecule has 0 aliphatic heterocycles. The molecule has 2 aromatic rings. The van der Waals surface area contributed by atoms with Gasteiger partial charge in [-0.2, -0.15) is 0 Å². The Bertz CT molecular complexity index is 454. The van der Waals surface area contributed by atoms with Crippen molar-refractivity contribution in [2.45, 2.75) is 39.4 Å². The highest BCUT2D eigenvalue weighted by Crippen LogP contribution is 2.11. The number of nitrogens with one attached hydrogen (secondary N) is 1. The Labute approximate surface area is 100.0 Å². The predicted octanol–water partition coefficient (Wildman–Crippen LogP) is 1.31. The Morgan fingerprint density at radius 2 is 2.18 bits per heavy atom. The first kappa shape index (κ1) is 11.8. The normalized spacial score (nSPS) is 11.9. The summed E-state index contributed by atoms with van der Waals surface area (Å²) in [6, 6.07) is 1.83. The van der Waals surface area contributed by atoms with E-state index >= 15 is 0 Å². The van der Waals surface area contributed by atoms with E-state index in [1.54, 1.807) is 6.20 Å². The molecule has 0 saturated carbocycles. The van der Waals surface area contributed by atoms with Crippen molar-refractivity contribution in [2.75, 3.05) is 0 Å². The van der Waals surface area contributed by atoms with Crippen LogP contribution in [0, 0.1) is 0 Å². The van der Waals surface area contributed by atoms with Gasteiger partial charge in [0.15, 0.2) is 0 Å². The Balaban J connectivity index is 1.85. The number of aromatic nitrogens is 4. The second-order valence-electron chi connectivity index (χ2n) is 4.91. The van der Waals surface area contributed by atoms with Crippen LogP contribution in [0.4, 0.5) is 0 Å².